The van der Waals surface area contributed by atoms with Gasteiger partial charge >= 0.3 is 0 Å². The Hall–Kier alpha value is -1.56. The van der Waals surface area contributed by atoms with E-state index < -0.39 is 10.0 Å². The average Bonchev–Trinajstić information content (AvgIpc) is 2.94. The topological polar surface area (TPSA) is 46.6 Å². The minimum atomic E-state index is -3.54. The first kappa shape index (κ1) is 15.3. The van der Waals surface area contributed by atoms with E-state index in [4.69, 9.17) is 16.3 Å². The van der Waals surface area contributed by atoms with E-state index in [-0.39, 0.29) is 6.54 Å². The van der Waals surface area contributed by atoms with Gasteiger partial charge in [0.05, 0.1) is 11.5 Å². The van der Waals surface area contributed by atoms with Gasteiger partial charge in [0.1, 0.15) is 5.75 Å². The smallest absolute Gasteiger partial charge is 0.243 e. The van der Waals surface area contributed by atoms with Crippen LogP contribution in [0.4, 0.5) is 0 Å². The van der Waals surface area contributed by atoms with Crippen LogP contribution in [0.25, 0.3) is 0 Å². The van der Waals surface area contributed by atoms with Gasteiger partial charge in [-0.25, -0.2) is 8.42 Å². The van der Waals surface area contributed by atoms with Crippen molar-refractivity contribution in [1.82, 2.24) is 4.31 Å². The first-order valence-corrected chi connectivity index (χ1v) is 8.75. The van der Waals surface area contributed by atoms with Crippen LogP contribution in [-0.2, 0) is 23.0 Å². The minimum Gasteiger partial charge on any atom is -0.493 e. The van der Waals surface area contributed by atoms with Gasteiger partial charge in [-0.15, -0.1) is 0 Å². The highest BCUT2D eigenvalue weighted by Gasteiger charge is 2.23. The number of sulfonamides is 1. The number of halogens is 1. The molecule has 0 fully saturated rings. The maximum absolute atomic E-state index is 12.7. The van der Waals surface area contributed by atoms with Gasteiger partial charge in [-0.1, -0.05) is 23.7 Å². The molecule has 0 spiro atoms. The highest BCUT2D eigenvalue weighted by Crippen LogP contribution is 2.29. The molecule has 22 heavy (non-hydrogen) atoms. The summed E-state index contributed by atoms with van der Waals surface area (Å²) in [5, 5.41) is 0.595. The lowest BCUT2D eigenvalue weighted by molar-refractivity contribution is 0.356. The molecule has 0 N–H and O–H groups in total. The van der Waals surface area contributed by atoms with Crippen LogP contribution in [0.2, 0.25) is 5.02 Å². The summed E-state index contributed by atoms with van der Waals surface area (Å²) in [5.41, 5.74) is 1.79. The van der Waals surface area contributed by atoms with Crippen molar-refractivity contribution >= 4 is 21.6 Å². The van der Waals surface area contributed by atoms with E-state index in [1.54, 1.807) is 37.4 Å². The van der Waals surface area contributed by atoms with Gasteiger partial charge in [-0.3, -0.25) is 0 Å². The summed E-state index contributed by atoms with van der Waals surface area (Å²) in [6.45, 7) is 0.883. The number of ether oxygens (including phenoxy) is 1. The van der Waals surface area contributed by atoms with Crippen molar-refractivity contribution < 1.29 is 13.2 Å². The van der Waals surface area contributed by atoms with Crippen molar-refractivity contribution in [1.29, 1.82) is 0 Å². The maximum Gasteiger partial charge on any atom is 0.243 e. The molecule has 0 amide bonds. The summed E-state index contributed by atoms with van der Waals surface area (Å²) in [6, 6.07) is 12.2. The molecule has 116 valence electrons. The van der Waals surface area contributed by atoms with Gasteiger partial charge < -0.3 is 4.74 Å². The Bertz CT molecular complexity index is 805. The number of hydrogen-bond donors (Lipinski definition) is 0. The third-order valence-electron chi connectivity index (χ3n) is 3.66. The Morgan fingerprint density at radius 1 is 1.23 bits per heavy atom. The number of rotatable bonds is 4. The fraction of sp³-hybridized carbons (Fsp3) is 0.250. The van der Waals surface area contributed by atoms with E-state index in [9.17, 15) is 8.42 Å². The summed E-state index contributed by atoms with van der Waals surface area (Å²) < 4.78 is 32.1. The molecule has 6 heteroatoms. The zero-order valence-electron chi connectivity index (χ0n) is 12.1. The zero-order valence-corrected chi connectivity index (χ0v) is 13.7. The molecule has 0 aromatic heterocycles. The Labute approximate surface area is 135 Å². The van der Waals surface area contributed by atoms with Crippen molar-refractivity contribution in [3.8, 4) is 5.75 Å². The zero-order chi connectivity index (χ0) is 15.7. The molecule has 2 aromatic carbocycles. The highest BCUT2D eigenvalue weighted by molar-refractivity contribution is 7.89. The number of benzene rings is 2. The summed E-state index contributed by atoms with van der Waals surface area (Å²) in [5.74, 6) is 0.774. The monoisotopic (exact) mass is 337 g/mol. The van der Waals surface area contributed by atoms with E-state index in [2.05, 4.69) is 0 Å². The molecule has 4 nitrogen and oxygen atoms in total. The molecule has 1 aliphatic rings. The van der Waals surface area contributed by atoms with Crippen molar-refractivity contribution in [2.24, 2.45) is 0 Å². The lowest BCUT2D eigenvalue weighted by Gasteiger charge is -2.18. The van der Waals surface area contributed by atoms with E-state index in [0.29, 0.717) is 16.5 Å². The van der Waals surface area contributed by atoms with E-state index in [0.717, 1.165) is 23.3 Å². The van der Waals surface area contributed by atoms with Crippen LogP contribution in [-0.4, -0.2) is 26.4 Å². The first-order valence-electron chi connectivity index (χ1n) is 6.93. The SMILES string of the molecule is CN(Cc1cccc(Cl)c1)S(=O)(=O)c1ccc2c(c1)CCO2. The standard InChI is InChI=1S/C16H16ClNO3S/c1-18(11-12-3-2-4-14(17)9-12)22(19,20)15-5-6-16-13(10-15)7-8-21-16/h2-6,9-10H,7-8,11H2,1H3. The van der Waals surface area contributed by atoms with Crippen molar-refractivity contribution in [2.75, 3.05) is 13.7 Å². The van der Waals surface area contributed by atoms with E-state index >= 15 is 0 Å². The molecule has 0 saturated heterocycles. The van der Waals surface area contributed by atoms with Gasteiger partial charge in [-0.2, -0.15) is 4.31 Å². The second kappa shape index (κ2) is 5.91. The number of fused-ring (bicyclic) bond motifs is 1. The number of hydrogen-bond acceptors (Lipinski definition) is 3. The largest absolute Gasteiger partial charge is 0.493 e. The van der Waals surface area contributed by atoms with Crippen LogP contribution in [0.5, 0.6) is 5.75 Å². The van der Waals surface area contributed by atoms with Crippen LogP contribution in [0.3, 0.4) is 0 Å². The third-order valence-corrected chi connectivity index (χ3v) is 5.70. The van der Waals surface area contributed by atoms with Gasteiger partial charge in [0.15, 0.2) is 0 Å². The van der Waals surface area contributed by atoms with Crippen LogP contribution in [0.15, 0.2) is 47.4 Å². The molecule has 2 aromatic rings. The van der Waals surface area contributed by atoms with Crippen LogP contribution in [0.1, 0.15) is 11.1 Å². The Balaban J connectivity index is 1.86. The first-order chi connectivity index (χ1) is 10.5. The van der Waals surface area contributed by atoms with Crippen LogP contribution in [0, 0.1) is 0 Å². The average molecular weight is 338 g/mol. The van der Waals surface area contributed by atoms with Gasteiger partial charge in [-0.05, 0) is 41.5 Å². The molecule has 3 rings (SSSR count). The van der Waals surface area contributed by atoms with Crippen molar-refractivity contribution in [3.05, 3.63) is 58.6 Å². The Kier molecular flexibility index (Phi) is 4.12. The molecule has 1 heterocycles. The lowest BCUT2D eigenvalue weighted by Crippen LogP contribution is -2.26. The quantitative estimate of drug-likeness (QED) is 0.861. The normalized spacial score (nSPS) is 14.0. The molecule has 1 aliphatic heterocycles. The second-order valence-corrected chi connectivity index (χ2v) is 7.74. The molecular formula is C16H16ClNO3S. The van der Waals surface area contributed by atoms with Crippen molar-refractivity contribution in [2.45, 2.75) is 17.9 Å². The lowest BCUT2D eigenvalue weighted by atomic mass is 10.2. The van der Waals surface area contributed by atoms with E-state index in [1.807, 2.05) is 12.1 Å². The van der Waals surface area contributed by atoms with Gasteiger partial charge in [0, 0.05) is 25.0 Å². The summed E-state index contributed by atoms with van der Waals surface area (Å²) in [4.78, 5) is 0.293. The molecule has 0 unspecified atom stereocenters. The Morgan fingerprint density at radius 3 is 2.82 bits per heavy atom. The summed E-state index contributed by atoms with van der Waals surface area (Å²) >= 11 is 5.94. The molecule has 0 saturated carbocycles. The number of nitrogens with zero attached hydrogens (tertiary/aromatic N) is 1. The van der Waals surface area contributed by atoms with Gasteiger partial charge in [0.2, 0.25) is 10.0 Å². The Morgan fingerprint density at radius 2 is 2.05 bits per heavy atom. The van der Waals surface area contributed by atoms with Crippen LogP contribution < -0.4 is 4.74 Å². The highest BCUT2D eigenvalue weighted by atomic mass is 35.5. The summed E-state index contributed by atoms with van der Waals surface area (Å²) in [6.07, 6.45) is 0.747. The molecule has 0 radical (unpaired) electrons. The predicted molar refractivity (Wildman–Crippen MR) is 85.7 cm³/mol. The van der Waals surface area contributed by atoms with E-state index in [1.165, 1.54) is 4.31 Å². The second-order valence-electron chi connectivity index (χ2n) is 5.26. The summed E-state index contributed by atoms with van der Waals surface area (Å²) in [7, 11) is -1.97. The molecule has 0 atom stereocenters. The molecule has 0 aliphatic carbocycles. The maximum atomic E-state index is 12.7. The fourth-order valence-corrected chi connectivity index (χ4v) is 3.90. The van der Waals surface area contributed by atoms with Crippen LogP contribution >= 0.6 is 11.6 Å². The molecular weight excluding hydrogens is 322 g/mol. The molecule has 0 bridgehead atoms. The van der Waals surface area contributed by atoms with Crippen molar-refractivity contribution in [3.63, 3.8) is 0 Å². The van der Waals surface area contributed by atoms with Gasteiger partial charge in [0.25, 0.3) is 0 Å². The third kappa shape index (κ3) is 2.97. The predicted octanol–water partition coefficient (Wildman–Crippen LogP) is 3.10. The minimum absolute atomic E-state index is 0.274. The fourth-order valence-electron chi connectivity index (χ4n) is 2.48.